The number of para-hydroxylation sites is 6. The van der Waals surface area contributed by atoms with Gasteiger partial charge in [-0.05, 0) is 105 Å². The minimum absolute atomic E-state index is 0. The Labute approximate surface area is 398 Å². The molecule has 0 spiro atoms. The van der Waals surface area contributed by atoms with E-state index in [1.807, 2.05) is 0 Å². The van der Waals surface area contributed by atoms with Crippen molar-refractivity contribution in [2.24, 2.45) is 11.8 Å². The van der Waals surface area contributed by atoms with Crippen molar-refractivity contribution in [1.29, 1.82) is 0 Å². The van der Waals surface area contributed by atoms with Crippen LogP contribution in [-0.2, 0) is 26.5 Å². The molecular formula is C59H53N5Pt. The molecule has 2 saturated carbocycles. The number of anilines is 6. The van der Waals surface area contributed by atoms with E-state index in [1.165, 1.54) is 107 Å². The molecule has 6 heteroatoms. The summed E-state index contributed by atoms with van der Waals surface area (Å²) in [5.74, 6) is 1.58. The van der Waals surface area contributed by atoms with Gasteiger partial charge in [0.1, 0.15) is 0 Å². The molecule has 324 valence electrons. The van der Waals surface area contributed by atoms with E-state index in [2.05, 4.69) is 215 Å². The molecule has 0 amide bonds. The summed E-state index contributed by atoms with van der Waals surface area (Å²) in [7, 11) is 0. The molecule has 2 fully saturated rings. The Morgan fingerprint density at radius 2 is 1.02 bits per heavy atom. The van der Waals surface area contributed by atoms with Crippen molar-refractivity contribution in [3.63, 3.8) is 0 Å². The van der Waals surface area contributed by atoms with Crippen LogP contribution < -0.4 is 19.6 Å². The minimum atomic E-state index is -0.761. The van der Waals surface area contributed by atoms with Crippen LogP contribution in [0.5, 0.6) is 0 Å². The number of hydrogen-bond acceptors (Lipinski definition) is 4. The molecule has 65 heavy (non-hydrogen) atoms. The third-order valence-corrected chi connectivity index (χ3v) is 15.6. The molecule has 0 saturated heterocycles. The topological polar surface area (TPSA) is 17.9 Å². The molecule has 1 unspecified atom stereocenters. The standard InChI is InChI=1S/C59H53N5.Pt/c1-40-26-30-44(31-27-40)60-38-62(56-24-10-8-22-54(56)60)46-17-12-16-43(36-46)59(42-14-4-3-5-15-42)50-20-13-19-49-48-18-6-7-21-52(48)64(58(49)50)53-35-34-47(37-51(53)59)63-39-61(45-32-28-41(2)29-33-45)55-23-9-11-25-57(55)63;/h3-25,34-35,38-41,44-45H,26-33H2,1-2H3;/q-4;+4. The smallest absolute Gasteiger partial charge is 0.499 e. The molecule has 2 aliphatic carbocycles. The van der Waals surface area contributed by atoms with Crippen molar-refractivity contribution in [3.8, 4) is 5.69 Å². The van der Waals surface area contributed by atoms with E-state index < -0.39 is 5.41 Å². The number of benzene rings is 7. The van der Waals surface area contributed by atoms with Gasteiger partial charge >= 0.3 is 21.1 Å². The Morgan fingerprint density at radius 3 is 1.66 bits per heavy atom. The van der Waals surface area contributed by atoms with Crippen LogP contribution in [0.2, 0.25) is 0 Å². The van der Waals surface area contributed by atoms with Crippen LogP contribution in [0.3, 0.4) is 0 Å². The first kappa shape index (κ1) is 40.7. The summed E-state index contributed by atoms with van der Waals surface area (Å²) in [4.78, 5) is 9.93. The molecular weight excluding hydrogens is 974 g/mol. The molecule has 0 bridgehead atoms. The molecule has 1 atom stereocenters. The molecule has 0 N–H and O–H groups in total. The van der Waals surface area contributed by atoms with Crippen LogP contribution in [0.4, 0.5) is 34.1 Å². The van der Waals surface area contributed by atoms with E-state index in [4.69, 9.17) is 0 Å². The van der Waals surface area contributed by atoms with E-state index in [9.17, 15) is 0 Å². The van der Waals surface area contributed by atoms with Gasteiger partial charge in [0.15, 0.2) is 0 Å². The monoisotopic (exact) mass is 1030 g/mol. The summed E-state index contributed by atoms with van der Waals surface area (Å²) in [6.45, 7) is 9.56. The maximum absolute atomic E-state index is 4.26. The number of rotatable bonds is 6. The van der Waals surface area contributed by atoms with Crippen molar-refractivity contribution in [3.05, 3.63) is 199 Å². The predicted molar refractivity (Wildman–Crippen MR) is 264 cm³/mol. The van der Waals surface area contributed by atoms with E-state index in [0.29, 0.717) is 12.1 Å². The maximum Gasteiger partial charge on any atom is 4.00 e. The van der Waals surface area contributed by atoms with E-state index in [-0.39, 0.29) is 21.1 Å². The molecule has 5 aliphatic rings. The van der Waals surface area contributed by atoms with Crippen molar-refractivity contribution in [2.45, 2.75) is 82.7 Å². The van der Waals surface area contributed by atoms with Crippen molar-refractivity contribution < 1.29 is 21.1 Å². The van der Waals surface area contributed by atoms with Crippen LogP contribution in [0.15, 0.2) is 152 Å². The van der Waals surface area contributed by atoms with Crippen LogP contribution in [0.25, 0.3) is 27.5 Å². The Hall–Kier alpha value is -5.77. The molecule has 3 aliphatic heterocycles. The largest absolute Gasteiger partial charge is 4.00 e. The summed E-state index contributed by atoms with van der Waals surface area (Å²) < 4.78 is 2.52. The van der Waals surface area contributed by atoms with E-state index in [1.54, 1.807) is 0 Å². The van der Waals surface area contributed by atoms with Gasteiger partial charge in [0, 0.05) is 62.1 Å². The van der Waals surface area contributed by atoms with Gasteiger partial charge in [-0.25, -0.2) is 0 Å². The second-order valence-electron chi connectivity index (χ2n) is 19.3. The zero-order chi connectivity index (χ0) is 42.5. The van der Waals surface area contributed by atoms with Crippen LogP contribution >= 0.6 is 0 Å². The number of nitrogens with zero attached hydrogens (tertiary/aromatic N) is 5. The number of fused-ring (bicyclic) bond motifs is 7. The second-order valence-corrected chi connectivity index (χ2v) is 19.3. The van der Waals surface area contributed by atoms with Gasteiger partial charge in [0.2, 0.25) is 0 Å². The SMILES string of the molecule is CC1CCC(N2[CH-]N(c3[c-]c(C4(c5ccccc5)c5[c-]c(N6[CH-]N(C7CCC(C)CC7)c7ccccc76)ccc5-n5c6ccccc6c6cccc4c65)ccc3)c3ccccc32)CC1.[Pt+4]. The summed E-state index contributed by atoms with van der Waals surface area (Å²) in [5.41, 5.74) is 14.6. The number of hydrogen-bond donors (Lipinski definition) is 0. The second kappa shape index (κ2) is 16.0. The molecule has 0 radical (unpaired) electrons. The van der Waals surface area contributed by atoms with Gasteiger partial charge in [-0.15, -0.1) is 34.6 Å². The molecule has 4 heterocycles. The summed E-state index contributed by atoms with van der Waals surface area (Å²) >= 11 is 0. The Bertz CT molecular complexity index is 3070. The summed E-state index contributed by atoms with van der Waals surface area (Å²) in [6, 6.07) is 65.9. The van der Waals surface area contributed by atoms with Gasteiger partial charge in [0.05, 0.1) is 0 Å². The van der Waals surface area contributed by atoms with E-state index in [0.717, 1.165) is 40.0 Å². The predicted octanol–water partition coefficient (Wildman–Crippen LogP) is 14.4. The van der Waals surface area contributed by atoms with Crippen molar-refractivity contribution >= 4 is 55.9 Å². The molecule has 1 aromatic heterocycles. The number of aromatic nitrogens is 1. The minimum Gasteiger partial charge on any atom is -0.499 e. The van der Waals surface area contributed by atoms with Crippen LogP contribution in [0, 0.1) is 37.3 Å². The first-order valence-electron chi connectivity index (χ1n) is 23.8. The molecule has 8 aromatic rings. The normalized spacial score (nSPS) is 23.4. The zero-order valence-electron chi connectivity index (χ0n) is 37.1. The average molecular weight is 1030 g/mol. The summed E-state index contributed by atoms with van der Waals surface area (Å²) in [6.07, 6.45) is 9.94. The fourth-order valence-corrected chi connectivity index (χ4v) is 12.3. The van der Waals surface area contributed by atoms with Gasteiger partial charge in [-0.1, -0.05) is 111 Å². The first-order valence-corrected chi connectivity index (χ1v) is 23.8. The average Bonchev–Trinajstić information content (AvgIpc) is 4.04. The van der Waals surface area contributed by atoms with Gasteiger partial charge < -0.3 is 24.2 Å². The third-order valence-electron chi connectivity index (χ3n) is 15.6. The van der Waals surface area contributed by atoms with Crippen LogP contribution in [-0.4, -0.2) is 16.7 Å². The van der Waals surface area contributed by atoms with Gasteiger partial charge in [-0.3, -0.25) is 0 Å². The first-order chi connectivity index (χ1) is 31.6. The fraction of sp³-hybridized carbons (Fsp3) is 0.254. The van der Waals surface area contributed by atoms with Gasteiger partial charge in [0.25, 0.3) is 0 Å². The van der Waals surface area contributed by atoms with Gasteiger partial charge in [-0.2, -0.15) is 43.7 Å². The van der Waals surface area contributed by atoms with Crippen LogP contribution in [0.1, 0.15) is 87.5 Å². The van der Waals surface area contributed by atoms with E-state index >= 15 is 0 Å². The summed E-state index contributed by atoms with van der Waals surface area (Å²) in [5, 5.41) is 2.52. The zero-order valence-corrected chi connectivity index (χ0v) is 39.4. The fourth-order valence-electron chi connectivity index (χ4n) is 12.3. The van der Waals surface area contributed by atoms with Crippen molar-refractivity contribution in [2.75, 3.05) is 19.6 Å². The molecule has 7 aromatic carbocycles. The quantitative estimate of drug-likeness (QED) is 0.154. The Morgan fingerprint density at radius 1 is 0.477 bits per heavy atom. The van der Waals surface area contributed by atoms with Crippen molar-refractivity contribution in [1.82, 2.24) is 4.57 Å². The Kier molecular flexibility index (Phi) is 10.0. The molecule has 5 nitrogen and oxygen atoms in total. The Balaban J connectivity index is 0.00000444. The maximum atomic E-state index is 4.26. The third kappa shape index (κ3) is 6.21. The molecule has 13 rings (SSSR count).